The van der Waals surface area contributed by atoms with Gasteiger partial charge in [-0.25, -0.2) is 0 Å². The largest absolute Gasteiger partial charge is 0.495 e. The monoisotopic (exact) mass is 340 g/mol. The predicted molar refractivity (Wildman–Crippen MR) is 88.6 cm³/mol. The lowest BCUT2D eigenvalue weighted by Gasteiger charge is -2.36. The normalized spacial score (nSPS) is 21.5. The molecule has 2 rings (SSSR count). The van der Waals surface area contributed by atoms with Gasteiger partial charge in [0, 0.05) is 17.1 Å². The molecule has 0 spiro atoms. The van der Waals surface area contributed by atoms with Crippen LogP contribution in [0.25, 0.3) is 0 Å². The molecule has 4 heteroatoms. The van der Waals surface area contributed by atoms with Gasteiger partial charge in [0.15, 0.2) is 0 Å². The highest BCUT2D eigenvalue weighted by molar-refractivity contribution is 9.10. The Labute approximate surface area is 130 Å². The van der Waals surface area contributed by atoms with Crippen LogP contribution in [-0.4, -0.2) is 37.7 Å². The summed E-state index contributed by atoms with van der Waals surface area (Å²) in [6, 6.07) is 6.55. The second kappa shape index (κ2) is 7.32. The number of hydrogen-bond donors (Lipinski definition) is 1. The highest BCUT2D eigenvalue weighted by atomic mass is 79.9. The lowest BCUT2D eigenvalue weighted by Crippen LogP contribution is -2.41. The quantitative estimate of drug-likeness (QED) is 0.876. The lowest BCUT2D eigenvalue weighted by molar-refractivity contribution is 0.172. The summed E-state index contributed by atoms with van der Waals surface area (Å²) < 4.78 is 6.51. The Balaban J connectivity index is 2.03. The Hall–Kier alpha value is -0.740. The minimum Gasteiger partial charge on any atom is -0.495 e. The molecule has 0 saturated carbocycles. The SMILES string of the molecule is CCN1CCCC(C(C)Nc2cc(Br)ccc2OC)C1. The molecule has 112 valence electrons. The van der Waals surface area contributed by atoms with Gasteiger partial charge in [-0.15, -0.1) is 0 Å². The molecule has 0 aromatic heterocycles. The van der Waals surface area contributed by atoms with Crippen LogP contribution in [0.4, 0.5) is 5.69 Å². The van der Waals surface area contributed by atoms with Crippen molar-refractivity contribution in [1.82, 2.24) is 4.90 Å². The Morgan fingerprint density at radius 2 is 2.30 bits per heavy atom. The third-order valence-corrected chi connectivity index (χ3v) is 4.73. The van der Waals surface area contributed by atoms with E-state index in [1.165, 1.54) is 25.9 Å². The molecule has 1 fully saturated rings. The van der Waals surface area contributed by atoms with Gasteiger partial charge in [-0.05, 0) is 57.0 Å². The molecule has 3 nitrogen and oxygen atoms in total. The number of methoxy groups -OCH3 is 1. The number of benzene rings is 1. The molecule has 1 aromatic carbocycles. The van der Waals surface area contributed by atoms with E-state index in [4.69, 9.17) is 4.74 Å². The first-order valence-corrected chi connectivity index (χ1v) is 8.25. The second-order valence-corrected chi connectivity index (χ2v) is 6.49. The predicted octanol–water partition coefficient (Wildman–Crippen LogP) is 3.99. The average Bonchev–Trinajstić information content (AvgIpc) is 2.47. The van der Waals surface area contributed by atoms with E-state index in [-0.39, 0.29) is 0 Å². The summed E-state index contributed by atoms with van der Waals surface area (Å²) in [4.78, 5) is 2.55. The first-order valence-electron chi connectivity index (χ1n) is 7.46. The Morgan fingerprint density at radius 3 is 3.00 bits per heavy atom. The Bertz CT molecular complexity index is 438. The molecule has 0 amide bonds. The summed E-state index contributed by atoms with van der Waals surface area (Å²) in [7, 11) is 1.72. The van der Waals surface area contributed by atoms with Crippen LogP contribution in [0.2, 0.25) is 0 Å². The molecule has 1 aliphatic heterocycles. The van der Waals surface area contributed by atoms with Gasteiger partial charge in [0.25, 0.3) is 0 Å². The van der Waals surface area contributed by atoms with Crippen molar-refractivity contribution in [2.45, 2.75) is 32.7 Å². The van der Waals surface area contributed by atoms with E-state index in [1.54, 1.807) is 7.11 Å². The van der Waals surface area contributed by atoms with Crippen molar-refractivity contribution in [3.05, 3.63) is 22.7 Å². The molecule has 0 bridgehead atoms. The maximum absolute atomic E-state index is 5.44. The van der Waals surface area contributed by atoms with Crippen molar-refractivity contribution in [1.29, 1.82) is 0 Å². The molecule has 1 N–H and O–H groups in total. The topological polar surface area (TPSA) is 24.5 Å². The summed E-state index contributed by atoms with van der Waals surface area (Å²) >= 11 is 3.53. The number of halogens is 1. The lowest BCUT2D eigenvalue weighted by atomic mass is 9.91. The maximum Gasteiger partial charge on any atom is 0.142 e. The van der Waals surface area contributed by atoms with Crippen molar-refractivity contribution < 1.29 is 4.74 Å². The fourth-order valence-electron chi connectivity index (χ4n) is 2.94. The van der Waals surface area contributed by atoms with Crippen molar-refractivity contribution >= 4 is 21.6 Å². The van der Waals surface area contributed by atoms with Crippen LogP contribution < -0.4 is 10.1 Å². The van der Waals surface area contributed by atoms with Crippen LogP contribution in [0, 0.1) is 5.92 Å². The van der Waals surface area contributed by atoms with Crippen LogP contribution in [0.1, 0.15) is 26.7 Å². The molecule has 20 heavy (non-hydrogen) atoms. The number of hydrogen-bond acceptors (Lipinski definition) is 3. The molecule has 1 heterocycles. The molecule has 0 aliphatic carbocycles. The number of nitrogens with one attached hydrogen (secondary N) is 1. The molecule has 2 atom stereocenters. The highest BCUT2D eigenvalue weighted by Crippen LogP contribution is 2.30. The van der Waals surface area contributed by atoms with E-state index in [1.807, 2.05) is 12.1 Å². The van der Waals surface area contributed by atoms with Crippen molar-refractivity contribution in [3.63, 3.8) is 0 Å². The first kappa shape index (κ1) is 15.6. The summed E-state index contributed by atoms with van der Waals surface area (Å²) in [5, 5.41) is 3.63. The van der Waals surface area contributed by atoms with E-state index in [0.29, 0.717) is 12.0 Å². The maximum atomic E-state index is 5.44. The van der Waals surface area contributed by atoms with Gasteiger partial charge in [0.05, 0.1) is 12.8 Å². The molecule has 2 unspecified atom stereocenters. The number of piperidine rings is 1. The van der Waals surface area contributed by atoms with E-state index < -0.39 is 0 Å². The third-order valence-electron chi connectivity index (χ3n) is 4.24. The van der Waals surface area contributed by atoms with E-state index in [2.05, 4.69) is 46.1 Å². The molecular weight excluding hydrogens is 316 g/mol. The van der Waals surface area contributed by atoms with Gasteiger partial charge in [0.2, 0.25) is 0 Å². The molecule has 1 saturated heterocycles. The summed E-state index contributed by atoms with van der Waals surface area (Å²) in [6.45, 7) is 8.13. The average molecular weight is 341 g/mol. The summed E-state index contributed by atoms with van der Waals surface area (Å²) in [5.41, 5.74) is 1.07. The number of ether oxygens (including phenoxy) is 1. The molecule has 1 aromatic rings. The Kier molecular flexibility index (Phi) is 5.73. The second-order valence-electron chi connectivity index (χ2n) is 5.57. The fourth-order valence-corrected chi connectivity index (χ4v) is 3.30. The number of nitrogens with zero attached hydrogens (tertiary/aromatic N) is 1. The molecule has 1 aliphatic rings. The standard InChI is InChI=1S/C16H25BrN2O/c1-4-19-9-5-6-13(11-19)12(2)18-15-10-14(17)7-8-16(15)20-3/h7-8,10,12-13,18H,4-6,9,11H2,1-3H3. The fraction of sp³-hybridized carbons (Fsp3) is 0.625. The summed E-state index contributed by atoms with van der Waals surface area (Å²) in [5.74, 6) is 1.61. The first-order chi connectivity index (χ1) is 9.63. The zero-order chi connectivity index (χ0) is 14.5. The van der Waals surface area contributed by atoms with Crippen LogP contribution in [-0.2, 0) is 0 Å². The molecular formula is C16H25BrN2O. The van der Waals surface area contributed by atoms with Crippen LogP contribution >= 0.6 is 15.9 Å². The van der Waals surface area contributed by atoms with Gasteiger partial charge in [-0.2, -0.15) is 0 Å². The van der Waals surface area contributed by atoms with Gasteiger partial charge in [-0.1, -0.05) is 22.9 Å². The van der Waals surface area contributed by atoms with E-state index in [9.17, 15) is 0 Å². The van der Waals surface area contributed by atoms with Crippen LogP contribution in [0.5, 0.6) is 5.75 Å². The highest BCUT2D eigenvalue weighted by Gasteiger charge is 2.24. The summed E-state index contributed by atoms with van der Waals surface area (Å²) in [6.07, 6.45) is 2.61. The number of anilines is 1. The van der Waals surface area contributed by atoms with E-state index in [0.717, 1.165) is 22.5 Å². The molecule has 0 radical (unpaired) electrons. The van der Waals surface area contributed by atoms with Gasteiger partial charge >= 0.3 is 0 Å². The third kappa shape index (κ3) is 3.89. The van der Waals surface area contributed by atoms with Crippen molar-refractivity contribution in [2.75, 3.05) is 32.1 Å². The number of rotatable bonds is 5. The van der Waals surface area contributed by atoms with Gasteiger partial charge in [-0.3, -0.25) is 0 Å². The van der Waals surface area contributed by atoms with Crippen molar-refractivity contribution in [3.8, 4) is 5.75 Å². The van der Waals surface area contributed by atoms with Gasteiger partial charge in [0.1, 0.15) is 5.75 Å². The van der Waals surface area contributed by atoms with Crippen LogP contribution in [0.3, 0.4) is 0 Å². The minimum atomic E-state index is 0.451. The zero-order valence-electron chi connectivity index (χ0n) is 12.7. The Morgan fingerprint density at radius 1 is 1.50 bits per heavy atom. The zero-order valence-corrected chi connectivity index (χ0v) is 14.2. The van der Waals surface area contributed by atoms with E-state index >= 15 is 0 Å². The van der Waals surface area contributed by atoms with Crippen molar-refractivity contribution in [2.24, 2.45) is 5.92 Å². The minimum absolute atomic E-state index is 0.451. The number of likely N-dealkylation sites (tertiary alicyclic amines) is 1. The van der Waals surface area contributed by atoms with Crippen LogP contribution in [0.15, 0.2) is 22.7 Å². The smallest absolute Gasteiger partial charge is 0.142 e. The van der Waals surface area contributed by atoms with Gasteiger partial charge < -0.3 is 15.0 Å².